The maximum Gasteiger partial charge on any atom is 0.175 e. The second-order valence-electron chi connectivity index (χ2n) is 17.2. The first kappa shape index (κ1) is 54.0. The van der Waals surface area contributed by atoms with Crippen molar-refractivity contribution in [1.29, 1.82) is 0 Å². The van der Waals surface area contributed by atoms with Gasteiger partial charge in [0, 0.05) is 37.7 Å². The molecule has 9 nitrogen and oxygen atoms in total. The lowest BCUT2D eigenvalue weighted by Gasteiger charge is -2.05. The molecule has 0 saturated heterocycles. The van der Waals surface area contributed by atoms with Crippen molar-refractivity contribution in [3.05, 3.63) is 107 Å². The van der Waals surface area contributed by atoms with Crippen LogP contribution in [-0.2, 0) is 57.2 Å². The lowest BCUT2D eigenvalue weighted by molar-refractivity contribution is -0.117. The van der Waals surface area contributed by atoms with Crippen molar-refractivity contribution >= 4 is 31.2 Å². The minimum absolute atomic E-state index is 0.135. The molecule has 4 aromatic rings. The van der Waals surface area contributed by atoms with Gasteiger partial charge in [0.15, 0.2) is 25.5 Å². The summed E-state index contributed by atoms with van der Waals surface area (Å²) in [6.07, 6.45) is 9.22. The Bertz CT molecular complexity index is 1900. The van der Waals surface area contributed by atoms with Gasteiger partial charge in [0.25, 0.3) is 0 Å². The van der Waals surface area contributed by atoms with E-state index in [4.69, 9.17) is 0 Å². The van der Waals surface area contributed by atoms with Crippen LogP contribution in [0.15, 0.2) is 88.8 Å². The molecular formula is C47H73N3O6S2. The Labute approximate surface area is 352 Å². The van der Waals surface area contributed by atoms with E-state index >= 15 is 0 Å². The maximum atomic E-state index is 11.2. The number of rotatable bonds is 13. The van der Waals surface area contributed by atoms with Crippen LogP contribution in [0, 0.1) is 29.6 Å². The molecule has 0 amide bonds. The van der Waals surface area contributed by atoms with Gasteiger partial charge in [0.05, 0.1) is 15.5 Å². The number of hydrogen-bond donors (Lipinski definition) is 0. The summed E-state index contributed by atoms with van der Waals surface area (Å²) in [5.74, 6) is 3.47. The molecular weight excluding hydrogens is 767 g/mol. The second-order valence-corrected chi connectivity index (χ2v) is 21.2. The quantitative estimate of drug-likeness (QED) is 0.122. The highest BCUT2D eigenvalue weighted by atomic mass is 32.2. The molecule has 0 N–H and O–H groups in total. The van der Waals surface area contributed by atoms with E-state index in [9.17, 15) is 26.4 Å². The molecule has 324 valence electrons. The summed E-state index contributed by atoms with van der Waals surface area (Å²) in [5, 5.41) is 7.81. The van der Waals surface area contributed by atoms with Gasteiger partial charge in [-0.15, -0.1) is 5.10 Å². The number of Topliss-reactive ketones (excluding diaryl/α,β-unsaturated/α-hetero) is 2. The number of carbonyl (C=O) groups is 2. The average Bonchev–Trinajstić information content (AvgIpc) is 3.48. The monoisotopic (exact) mass is 839 g/mol. The van der Waals surface area contributed by atoms with Crippen molar-refractivity contribution in [1.82, 2.24) is 15.0 Å². The van der Waals surface area contributed by atoms with E-state index in [-0.39, 0.29) is 11.6 Å². The molecule has 1 heterocycles. The summed E-state index contributed by atoms with van der Waals surface area (Å²) in [6.45, 7) is 24.6. The SMILES string of the molecule is CC(=O)CC(C)C.CC(=O)c1ccc(CC(C)C)cc1.CC(C)Cc1ccc(S(C)(=O)=O)cc1.CC(C)Cc1ccc(S(C)(=O)=O)cc1.CC(C)Cc1cn(C)nn1. The standard InChI is InChI=1S/C12H16O.2C11H16O2S.C7H13N3.C6H12O/c1-9(2)8-11-4-6-12(7-5-11)10(3)13;2*1-9(2)8-10-4-6-11(7-5-10)14(3,12)13;1-6(2)4-7-5-10(3)9-8-7;1-5(2)4-6(3)7/h4-7,9H,8H2,1-3H3;2*4-7,9H,8H2,1-3H3;5-6H,4H2,1-3H3;5H,4H2,1-3H3. The fraction of sp³-hybridized carbons (Fsp3) is 0.532. The highest BCUT2D eigenvalue weighted by Gasteiger charge is 2.08. The number of aryl methyl sites for hydroxylation is 1. The van der Waals surface area contributed by atoms with Crippen molar-refractivity contribution in [2.45, 2.75) is 125 Å². The number of sulfone groups is 2. The van der Waals surface area contributed by atoms with E-state index in [0.29, 0.717) is 39.4 Å². The Morgan fingerprint density at radius 3 is 1.07 bits per heavy atom. The fourth-order valence-electron chi connectivity index (χ4n) is 5.52. The molecule has 0 aliphatic rings. The predicted molar refractivity (Wildman–Crippen MR) is 241 cm³/mol. The number of nitrogens with zero attached hydrogens (tertiary/aromatic N) is 3. The summed E-state index contributed by atoms with van der Waals surface area (Å²) >= 11 is 0. The molecule has 0 saturated carbocycles. The Kier molecular flexibility index (Phi) is 25.1. The van der Waals surface area contributed by atoms with Gasteiger partial charge in [-0.3, -0.25) is 9.48 Å². The van der Waals surface area contributed by atoms with Crippen LogP contribution in [0.25, 0.3) is 0 Å². The van der Waals surface area contributed by atoms with Crippen molar-refractivity contribution in [2.75, 3.05) is 12.5 Å². The third-order valence-corrected chi connectivity index (χ3v) is 10.2. The van der Waals surface area contributed by atoms with Crippen LogP contribution in [0.4, 0.5) is 0 Å². The Morgan fingerprint density at radius 2 is 0.862 bits per heavy atom. The van der Waals surface area contributed by atoms with Crippen LogP contribution in [0.1, 0.15) is 122 Å². The summed E-state index contributed by atoms with van der Waals surface area (Å²) in [4.78, 5) is 22.0. The van der Waals surface area contributed by atoms with Crippen molar-refractivity contribution in [3.8, 4) is 0 Å². The van der Waals surface area contributed by atoms with Gasteiger partial charge >= 0.3 is 0 Å². The second kappa shape index (κ2) is 26.9. The maximum absolute atomic E-state index is 11.2. The lowest BCUT2D eigenvalue weighted by Crippen LogP contribution is -1.98. The molecule has 0 atom stereocenters. The minimum atomic E-state index is -3.05. The van der Waals surface area contributed by atoms with Crippen LogP contribution >= 0.6 is 0 Å². The van der Waals surface area contributed by atoms with E-state index in [1.165, 1.54) is 29.2 Å². The Balaban J connectivity index is 0.000000713. The fourth-order valence-corrected chi connectivity index (χ4v) is 6.78. The first-order valence-electron chi connectivity index (χ1n) is 20.2. The molecule has 0 bridgehead atoms. The van der Waals surface area contributed by atoms with Crippen LogP contribution < -0.4 is 0 Å². The van der Waals surface area contributed by atoms with E-state index < -0.39 is 19.7 Å². The Morgan fingerprint density at radius 1 is 0.534 bits per heavy atom. The van der Waals surface area contributed by atoms with Gasteiger partial charge in [-0.05, 0) is 110 Å². The Hall–Kier alpha value is -3.96. The minimum Gasteiger partial charge on any atom is -0.300 e. The van der Waals surface area contributed by atoms with Gasteiger partial charge in [-0.2, -0.15) is 0 Å². The third kappa shape index (κ3) is 26.9. The van der Waals surface area contributed by atoms with Gasteiger partial charge in [0.1, 0.15) is 5.78 Å². The molecule has 0 aliphatic heterocycles. The molecule has 3 aromatic carbocycles. The first-order chi connectivity index (χ1) is 26.7. The lowest BCUT2D eigenvalue weighted by atomic mass is 10.0. The number of aromatic nitrogens is 3. The van der Waals surface area contributed by atoms with Gasteiger partial charge in [-0.25, -0.2) is 16.8 Å². The number of benzene rings is 3. The largest absolute Gasteiger partial charge is 0.300 e. The molecule has 11 heteroatoms. The predicted octanol–water partition coefficient (Wildman–Crippen LogP) is 10.3. The topological polar surface area (TPSA) is 133 Å². The van der Waals surface area contributed by atoms with E-state index in [0.717, 1.165) is 43.4 Å². The highest BCUT2D eigenvalue weighted by molar-refractivity contribution is 7.91. The van der Waals surface area contributed by atoms with Crippen LogP contribution in [-0.4, -0.2) is 55.9 Å². The van der Waals surface area contributed by atoms with Crippen LogP contribution in [0.2, 0.25) is 0 Å². The zero-order valence-corrected chi connectivity index (χ0v) is 39.7. The molecule has 0 spiro atoms. The molecule has 0 fully saturated rings. The molecule has 0 radical (unpaired) electrons. The van der Waals surface area contributed by atoms with Crippen molar-refractivity contribution in [2.24, 2.45) is 36.6 Å². The zero-order chi connectivity index (χ0) is 44.8. The molecule has 1 aromatic heterocycles. The first-order valence-corrected chi connectivity index (χ1v) is 24.0. The number of carbonyl (C=O) groups excluding carboxylic acids is 2. The van der Waals surface area contributed by atoms with E-state index in [2.05, 4.69) is 65.7 Å². The van der Waals surface area contributed by atoms with E-state index in [1.807, 2.05) is 75.6 Å². The summed E-state index contributed by atoms with van der Waals surface area (Å²) in [6, 6.07) is 22.1. The van der Waals surface area contributed by atoms with Crippen LogP contribution in [0.5, 0.6) is 0 Å². The molecule has 0 unspecified atom stereocenters. The van der Waals surface area contributed by atoms with Crippen molar-refractivity contribution < 1.29 is 26.4 Å². The smallest absolute Gasteiger partial charge is 0.175 e. The van der Waals surface area contributed by atoms with Gasteiger partial charge < -0.3 is 4.79 Å². The normalized spacial score (nSPS) is 11.2. The molecule has 4 rings (SSSR count). The van der Waals surface area contributed by atoms with Crippen LogP contribution in [0.3, 0.4) is 0 Å². The van der Waals surface area contributed by atoms with Gasteiger partial charge in [-0.1, -0.05) is 123 Å². The average molecular weight is 840 g/mol. The molecule has 0 aliphatic carbocycles. The van der Waals surface area contributed by atoms with E-state index in [1.54, 1.807) is 42.8 Å². The summed E-state index contributed by atoms with van der Waals surface area (Å²) in [7, 11) is -4.21. The summed E-state index contributed by atoms with van der Waals surface area (Å²) in [5.41, 5.74) is 5.56. The highest BCUT2D eigenvalue weighted by Crippen LogP contribution is 2.15. The number of hydrogen-bond acceptors (Lipinski definition) is 8. The zero-order valence-electron chi connectivity index (χ0n) is 38.0. The molecule has 58 heavy (non-hydrogen) atoms. The summed E-state index contributed by atoms with van der Waals surface area (Å²) < 4.78 is 46.4. The number of ketones is 2. The van der Waals surface area contributed by atoms with Gasteiger partial charge in [0.2, 0.25) is 0 Å². The third-order valence-electron chi connectivity index (χ3n) is 7.96. The van der Waals surface area contributed by atoms with Crippen molar-refractivity contribution in [3.63, 3.8) is 0 Å².